The van der Waals surface area contributed by atoms with E-state index >= 15 is 0 Å². The van der Waals surface area contributed by atoms with E-state index in [9.17, 15) is 9.59 Å². The summed E-state index contributed by atoms with van der Waals surface area (Å²) in [6.07, 6.45) is 0. The maximum Gasteiger partial charge on any atom is 0.225 e. The van der Waals surface area contributed by atoms with E-state index in [1.54, 1.807) is 0 Å². The molecule has 0 aromatic heterocycles. The van der Waals surface area contributed by atoms with E-state index < -0.39 is 0 Å². The van der Waals surface area contributed by atoms with Gasteiger partial charge in [-0.05, 0) is 14.1 Å². The number of piperazine rings is 2. The molecular formula is C20H42N4O2. The number of likely N-dealkylation sites (N-methyl/N-ethyl adjacent to an activating group) is 2. The summed E-state index contributed by atoms with van der Waals surface area (Å²) in [6.45, 7) is 19.5. The van der Waals surface area contributed by atoms with Gasteiger partial charge in [0.15, 0.2) is 0 Å². The first-order valence-electron chi connectivity index (χ1n) is 10.2. The van der Waals surface area contributed by atoms with E-state index in [0.717, 1.165) is 52.4 Å². The Morgan fingerprint density at radius 3 is 1.00 bits per heavy atom. The van der Waals surface area contributed by atoms with Gasteiger partial charge in [0.1, 0.15) is 0 Å². The highest BCUT2D eigenvalue weighted by Gasteiger charge is 2.21. The van der Waals surface area contributed by atoms with Crippen molar-refractivity contribution in [1.29, 1.82) is 0 Å². The van der Waals surface area contributed by atoms with Crippen LogP contribution in [-0.4, -0.2) is 97.9 Å². The predicted molar refractivity (Wildman–Crippen MR) is 109 cm³/mol. The van der Waals surface area contributed by atoms with Gasteiger partial charge in [0, 0.05) is 64.2 Å². The summed E-state index contributed by atoms with van der Waals surface area (Å²) in [5.41, 5.74) is 0. The molecule has 0 aromatic carbocycles. The van der Waals surface area contributed by atoms with Gasteiger partial charge in [-0.1, -0.05) is 41.5 Å². The predicted octanol–water partition coefficient (Wildman–Crippen LogP) is 1.86. The maximum absolute atomic E-state index is 11.5. The molecule has 2 heterocycles. The van der Waals surface area contributed by atoms with Gasteiger partial charge in [0.05, 0.1) is 0 Å². The second-order valence-corrected chi connectivity index (χ2v) is 7.57. The highest BCUT2D eigenvalue weighted by atomic mass is 16.2. The zero-order chi connectivity index (χ0) is 20.3. The van der Waals surface area contributed by atoms with Gasteiger partial charge in [-0.2, -0.15) is 0 Å². The van der Waals surface area contributed by atoms with Crippen LogP contribution in [0.5, 0.6) is 0 Å². The molecule has 0 aliphatic carbocycles. The van der Waals surface area contributed by atoms with E-state index in [-0.39, 0.29) is 11.8 Å². The van der Waals surface area contributed by atoms with Crippen LogP contribution in [0.3, 0.4) is 0 Å². The Hall–Kier alpha value is -1.14. The third-order valence-corrected chi connectivity index (χ3v) is 4.62. The molecule has 2 fully saturated rings. The smallest absolute Gasteiger partial charge is 0.225 e. The molecule has 154 valence electrons. The Morgan fingerprint density at radius 1 is 0.577 bits per heavy atom. The minimum absolute atomic E-state index is 0.147. The summed E-state index contributed by atoms with van der Waals surface area (Å²) in [5, 5.41) is 0. The lowest BCUT2D eigenvalue weighted by molar-refractivity contribution is -0.136. The Labute approximate surface area is 161 Å². The summed E-state index contributed by atoms with van der Waals surface area (Å²) < 4.78 is 0. The zero-order valence-electron chi connectivity index (χ0n) is 18.4. The monoisotopic (exact) mass is 370 g/mol. The first-order valence-corrected chi connectivity index (χ1v) is 10.2. The topological polar surface area (TPSA) is 47.1 Å². The van der Waals surface area contributed by atoms with Crippen molar-refractivity contribution in [1.82, 2.24) is 19.6 Å². The largest absolute Gasteiger partial charge is 0.340 e. The van der Waals surface area contributed by atoms with Gasteiger partial charge < -0.3 is 19.6 Å². The van der Waals surface area contributed by atoms with E-state index in [1.807, 2.05) is 51.3 Å². The van der Waals surface area contributed by atoms with Crippen LogP contribution in [0, 0.1) is 11.8 Å². The van der Waals surface area contributed by atoms with Crippen molar-refractivity contribution in [3.05, 3.63) is 0 Å². The lowest BCUT2D eigenvalue weighted by Gasteiger charge is -2.33. The third kappa shape index (κ3) is 8.99. The molecule has 0 spiro atoms. The molecule has 0 atom stereocenters. The molecule has 6 nitrogen and oxygen atoms in total. The fraction of sp³-hybridized carbons (Fsp3) is 0.900. The molecule has 0 bridgehead atoms. The third-order valence-electron chi connectivity index (χ3n) is 4.62. The first kappa shape index (κ1) is 24.9. The van der Waals surface area contributed by atoms with E-state index in [1.165, 1.54) is 0 Å². The average molecular weight is 371 g/mol. The number of rotatable bonds is 2. The molecule has 2 aliphatic rings. The van der Waals surface area contributed by atoms with Gasteiger partial charge in [0.25, 0.3) is 0 Å². The van der Waals surface area contributed by atoms with Crippen molar-refractivity contribution in [3.63, 3.8) is 0 Å². The minimum atomic E-state index is 0.147. The quantitative estimate of drug-likeness (QED) is 0.744. The number of hydrogen-bond donors (Lipinski definition) is 0. The van der Waals surface area contributed by atoms with Crippen molar-refractivity contribution in [2.75, 3.05) is 66.5 Å². The summed E-state index contributed by atoms with van der Waals surface area (Å²) in [6, 6.07) is 0. The van der Waals surface area contributed by atoms with E-state index in [4.69, 9.17) is 0 Å². The summed E-state index contributed by atoms with van der Waals surface area (Å²) in [7, 11) is 4.19. The Balaban J connectivity index is 0.000000439. The van der Waals surface area contributed by atoms with Crippen LogP contribution in [0.25, 0.3) is 0 Å². The van der Waals surface area contributed by atoms with Crippen LogP contribution in [0.4, 0.5) is 0 Å². The van der Waals surface area contributed by atoms with Crippen molar-refractivity contribution >= 4 is 11.8 Å². The normalized spacial score (nSPS) is 18.8. The van der Waals surface area contributed by atoms with Crippen molar-refractivity contribution < 1.29 is 9.59 Å². The SMILES string of the molecule is CC.CC(C)C(=O)N1CCN(C)CC1.CC(C)C(=O)N1CCN(C)CC1. The van der Waals surface area contributed by atoms with Gasteiger partial charge in [-0.15, -0.1) is 0 Å². The van der Waals surface area contributed by atoms with Gasteiger partial charge >= 0.3 is 0 Å². The minimum Gasteiger partial charge on any atom is -0.340 e. The number of nitrogens with zero attached hydrogens (tertiary/aromatic N) is 4. The van der Waals surface area contributed by atoms with Crippen molar-refractivity contribution in [2.45, 2.75) is 41.5 Å². The molecule has 0 unspecified atom stereocenters. The lowest BCUT2D eigenvalue weighted by Crippen LogP contribution is -2.48. The summed E-state index contributed by atoms with van der Waals surface area (Å²) >= 11 is 0. The number of carbonyl (C=O) groups excluding carboxylic acids is 2. The molecule has 6 heteroatoms. The highest BCUT2D eigenvalue weighted by molar-refractivity contribution is 5.78. The molecule has 0 N–H and O–H groups in total. The van der Waals surface area contributed by atoms with Crippen LogP contribution in [0.2, 0.25) is 0 Å². The summed E-state index contributed by atoms with van der Waals surface area (Å²) in [4.78, 5) is 31.5. The second kappa shape index (κ2) is 13.1. The Kier molecular flexibility index (Phi) is 12.5. The molecule has 0 radical (unpaired) electrons. The van der Waals surface area contributed by atoms with Gasteiger partial charge in [-0.3, -0.25) is 9.59 Å². The summed E-state index contributed by atoms with van der Waals surface area (Å²) in [5.74, 6) is 0.882. The molecule has 0 aromatic rings. The van der Waals surface area contributed by atoms with Crippen LogP contribution in [-0.2, 0) is 9.59 Å². The lowest BCUT2D eigenvalue weighted by atomic mass is 10.2. The Bertz CT molecular complexity index is 359. The molecule has 26 heavy (non-hydrogen) atoms. The van der Waals surface area contributed by atoms with Crippen molar-refractivity contribution in [2.24, 2.45) is 11.8 Å². The molecule has 0 saturated carbocycles. The molecular weight excluding hydrogens is 328 g/mol. The van der Waals surface area contributed by atoms with E-state index in [2.05, 4.69) is 23.9 Å². The van der Waals surface area contributed by atoms with Gasteiger partial charge in [-0.25, -0.2) is 0 Å². The fourth-order valence-electron chi connectivity index (χ4n) is 2.78. The fourth-order valence-corrected chi connectivity index (χ4v) is 2.78. The number of hydrogen-bond acceptors (Lipinski definition) is 4. The van der Waals surface area contributed by atoms with Crippen LogP contribution < -0.4 is 0 Å². The zero-order valence-corrected chi connectivity index (χ0v) is 18.4. The second-order valence-electron chi connectivity index (χ2n) is 7.57. The first-order chi connectivity index (χ1) is 12.2. The molecule has 2 aliphatic heterocycles. The number of amides is 2. The Morgan fingerprint density at radius 2 is 0.808 bits per heavy atom. The van der Waals surface area contributed by atoms with Crippen LogP contribution >= 0.6 is 0 Å². The van der Waals surface area contributed by atoms with Gasteiger partial charge in [0.2, 0.25) is 11.8 Å². The van der Waals surface area contributed by atoms with Crippen LogP contribution in [0.1, 0.15) is 41.5 Å². The standard InChI is InChI=1S/2C9H18N2O.C2H6/c2*1-8(2)9(12)11-6-4-10(3)5-7-11;1-2/h2*8H,4-7H2,1-3H3;1-2H3. The highest BCUT2D eigenvalue weighted by Crippen LogP contribution is 2.06. The van der Waals surface area contributed by atoms with Crippen LogP contribution in [0.15, 0.2) is 0 Å². The number of carbonyl (C=O) groups is 2. The average Bonchev–Trinajstić information content (AvgIpc) is 2.64. The molecule has 2 rings (SSSR count). The van der Waals surface area contributed by atoms with Crippen molar-refractivity contribution in [3.8, 4) is 0 Å². The van der Waals surface area contributed by atoms with E-state index in [0.29, 0.717) is 11.8 Å². The molecule has 2 saturated heterocycles. The maximum atomic E-state index is 11.5. The molecule has 2 amide bonds.